The summed E-state index contributed by atoms with van der Waals surface area (Å²) in [6.45, 7) is 5.65. The van der Waals surface area contributed by atoms with Gasteiger partial charge in [0.05, 0.1) is 6.54 Å². The van der Waals surface area contributed by atoms with E-state index in [1.54, 1.807) is 9.58 Å². The first-order chi connectivity index (χ1) is 12.5. The quantitative estimate of drug-likeness (QED) is 0.866. The van der Waals surface area contributed by atoms with Crippen LogP contribution in [0.5, 0.6) is 0 Å². The number of carbonyl (C=O) groups is 2. The van der Waals surface area contributed by atoms with Crippen LogP contribution in [0, 0.1) is 5.92 Å². The number of fused-ring (bicyclic) bond motifs is 2. The summed E-state index contributed by atoms with van der Waals surface area (Å²) >= 11 is 0. The molecule has 0 radical (unpaired) electrons. The van der Waals surface area contributed by atoms with E-state index in [-0.39, 0.29) is 18.1 Å². The molecule has 4 rings (SSSR count). The minimum atomic E-state index is -1.04. The maximum Gasteiger partial charge on any atom is 0.356 e. The Labute approximate surface area is 151 Å². The van der Waals surface area contributed by atoms with Crippen molar-refractivity contribution in [1.29, 1.82) is 0 Å². The lowest BCUT2D eigenvalue weighted by atomic mass is 10.0. The van der Waals surface area contributed by atoms with E-state index in [0.29, 0.717) is 36.7 Å². The van der Waals surface area contributed by atoms with Crippen LogP contribution < -0.4 is 0 Å². The molecule has 0 aromatic carbocycles. The largest absolute Gasteiger partial charge is 0.476 e. The highest BCUT2D eigenvalue weighted by Crippen LogP contribution is 2.28. The summed E-state index contributed by atoms with van der Waals surface area (Å²) in [7, 11) is 0. The van der Waals surface area contributed by atoms with E-state index in [1.807, 2.05) is 0 Å². The highest BCUT2D eigenvalue weighted by atomic mass is 16.4. The number of carbonyl (C=O) groups excluding carboxylic acids is 1. The van der Waals surface area contributed by atoms with Crippen LogP contribution in [0.25, 0.3) is 0 Å². The fourth-order valence-electron chi connectivity index (χ4n) is 3.98. The molecule has 0 saturated heterocycles. The third-order valence-electron chi connectivity index (χ3n) is 5.17. The molecule has 0 fully saturated rings. The molecule has 2 aromatic heterocycles. The number of aromatic carboxylic acids is 1. The van der Waals surface area contributed by atoms with Gasteiger partial charge in [0.1, 0.15) is 0 Å². The van der Waals surface area contributed by atoms with Gasteiger partial charge in [-0.15, -0.1) is 0 Å². The van der Waals surface area contributed by atoms with E-state index in [0.717, 1.165) is 36.2 Å². The van der Waals surface area contributed by atoms with Crippen LogP contribution in [0.4, 0.5) is 0 Å². The standard InChI is InChI=1S/C18H23N5O3/c1-10(2)8-23-14-6-7-22(9-12(14)16(21-23)18(25)26)17(24)15-11-4-3-5-13(11)19-20-15/h10H,3-9H2,1-2H3,(H,19,20)(H,25,26). The minimum Gasteiger partial charge on any atom is -0.476 e. The summed E-state index contributed by atoms with van der Waals surface area (Å²) in [5, 5.41) is 21.0. The fraction of sp³-hybridized carbons (Fsp3) is 0.556. The smallest absolute Gasteiger partial charge is 0.356 e. The number of aryl methyl sites for hydroxylation is 1. The molecule has 8 nitrogen and oxygen atoms in total. The van der Waals surface area contributed by atoms with Crippen LogP contribution in [0.15, 0.2) is 0 Å². The van der Waals surface area contributed by atoms with E-state index in [2.05, 4.69) is 29.1 Å². The molecular formula is C18H23N5O3. The van der Waals surface area contributed by atoms with Crippen LogP contribution in [-0.4, -0.2) is 48.4 Å². The van der Waals surface area contributed by atoms with E-state index in [4.69, 9.17) is 0 Å². The fourth-order valence-corrected chi connectivity index (χ4v) is 3.98. The molecule has 138 valence electrons. The number of aromatic nitrogens is 4. The number of nitrogens with one attached hydrogen (secondary N) is 1. The number of H-pyrrole nitrogens is 1. The van der Waals surface area contributed by atoms with Crippen LogP contribution in [0.1, 0.15) is 63.8 Å². The second-order valence-electron chi connectivity index (χ2n) is 7.51. The predicted octanol–water partition coefficient (Wildman–Crippen LogP) is 1.65. The zero-order valence-electron chi connectivity index (χ0n) is 15.1. The maximum absolute atomic E-state index is 13.0. The van der Waals surface area contributed by atoms with Crippen molar-refractivity contribution in [3.05, 3.63) is 33.9 Å². The number of hydrogen-bond acceptors (Lipinski definition) is 4. The third kappa shape index (κ3) is 2.69. The molecule has 1 aliphatic carbocycles. The van der Waals surface area contributed by atoms with Gasteiger partial charge in [0.2, 0.25) is 0 Å². The third-order valence-corrected chi connectivity index (χ3v) is 5.17. The Morgan fingerprint density at radius 2 is 2.00 bits per heavy atom. The van der Waals surface area contributed by atoms with Crippen molar-refractivity contribution < 1.29 is 14.7 Å². The van der Waals surface area contributed by atoms with Gasteiger partial charge in [-0.05, 0) is 25.2 Å². The highest BCUT2D eigenvalue weighted by Gasteiger charge is 2.33. The number of carboxylic acid groups (broad SMARTS) is 1. The van der Waals surface area contributed by atoms with Crippen molar-refractivity contribution in [2.24, 2.45) is 5.92 Å². The molecule has 0 atom stereocenters. The summed E-state index contributed by atoms with van der Waals surface area (Å²) in [4.78, 5) is 26.3. The Morgan fingerprint density at radius 3 is 2.73 bits per heavy atom. The molecule has 3 heterocycles. The lowest BCUT2D eigenvalue weighted by Crippen LogP contribution is -2.37. The van der Waals surface area contributed by atoms with Gasteiger partial charge in [0.15, 0.2) is 11.4 Å². The first-order valence-electron chi connectivity index (χ1n) is 9.13. The molecule has 0 unspecified atom stereocenters. The molecular weight excluding hydrogens is 334 g/mol. The average Bonchev–Trinajstić information content (AvgIpc) is 3.27. The van der Waals surface area contributed by atoms with E-state index in [1.165, 1.54) is 0 Å². The van der Waals surface area contributed by atoms with Gasteiger partial charge in [-0.25, -0.2) is 4.79 Å². The monoisotopic (exact) mass is 357 g/mol. The van der Waals surface area contributed by atoms with Gasteiger partial charge >= 0.3 is 5.97 Å². The summed E-state index contributed by atoms with van der Waals surface area (Å²) in [6, 6.07) is 0. The Hall–Kier alpha value is -2.64. The zero-order valence-corrected chi connectivity index (χ0v) is 15.1. The van der Waals surface area contributed by atoms with Crippen molar-refractivity contribution in [3.8, 4) is 0 Å². The number of rotatable bonds is 4. The lowest BCUT2D eigenvalue weighted by molar-refractivity contribution is 0.0672. The van der Waals surface area contributed by atoms with Crippen LogP contribution >= 0.6 is 0 Å². The lowest BCUT2D eigenvalue weighted by Gasteiger charge is -2.27. The molecule has 2 N–H and O–H groups in total. The number of hydrogen-bond donors (Lipinski definition) is 2. The van der Waals surface area contributed by atoms with Gasteiger partial charge < -0.3 is 10.0 Å². The van der Waals surface area contributed by atoms with Crippen LogP contribution in [0.2, 0.25) is 0 Å². The summed E-state index contributed by atoms with van der Waals surface area (Å²) in [5.41, 5.74) is 4.23. The maximum atomic E-state index is 13.0. The molecule has 26 heavy (non-hydrogen) atoms. The van der Waals surface area contributed by atoms with Crippen molar-refractivity contribution in [2.75, 3.05) is 6.54 Å². The molecule has 1 aliphatic heterocycles. The summed E-state index contributed by atoms with van der Waals surface area (Å²) in [6.07, 6.45) is 3.46. The molecule has 8 heteroatoms. The topological polar surface area (TPSA) is 104 Å². The summed E-state index contributed by atoms with van der Waals surface area (Å²) in [5.74, 6) is -0.798. The molecule has 0 spiro atoms. The van der Waals surface area contributed by atoms with Crippen LogP contribution in [-0.2, 0) is 32.4 Å². The highest BCUT2D eigenvalue weighted by molar-refractivity contribution is 5.95. The molecule has 2 aliphatic rings. The first kappa shape index (κ1) is 16.8. The SMILES string of the molecule is CC(C)Cn1nc(C(=O)O)c2c1CCN(C(=O)c1n[nH]c3c1CCC3)C2. The van der Waals surface area contributed by atoms with Crippen molar-refractivity contribution in [2.45, 2.75) is 52.6 Å². The van der Waals surface area contributed by atoms with E-state index >= 15 is 0 Å². The van der Waals surface area contributed by atoms with Gasteiger partial charge in [-0.2, -0.15) is 10.2 Å². The Kier molecular flexibility index (Phi) is 4.05. The van der Waals surface area contributed by atoms with E-state index < -0.39 is 5.97 Å². The van der Waals surface area contributed by atoms with Gasteiger partial charge in [0, 0.05) is 42.0 Å². The Bertz CT molecular complexity index is 880. The minimum absolute atomic E-state index is 0.0606. The van der Waals surface area contributed by atoms with E-state index in [9.17, 15) is 14.7 Å². The van der Waals surface area contributed by atoms with Crippen molar-refractivity contribution in [1.82, 2.24) is 24.9 Å². The molecule has 2 aromatic rings. The van der Waals surface area contributed by atoms with Crippen molar-refractivity contribution >= 4 is 11.9 Å². The number of amides is 1. The van der Waals surface area contributed by atoms with Gasteiger partial charge in [-0.3, -0.25) is 14.6 Å². The summed E-state index contributed by atoms with van der Waals surface area (Å²) < 4.78 is 1.80. The number of carboxylic acids is 1. The Morgan fingerprint density at radius 1 is 1.19 bits per heavy atom. The van der Waals surface area contributed by atoms with Gasteiger partial charge in [0.25, 0.3) is 5.91 Å². The zero-order chi connectivity index (χ0) is 18.4. The van der Waals surface area contributed by atoms with Gasteiger partial charge in [-0.1, -0.05) is 13.8 Å². The second kappa shape index (κ2) is 6.26. The number of nitrogens with zero attached hydrogens (tertiary/aromatic N) is 4. The molecule has 0 saturated carbocycles. The normalized spacial score (nSPS) is 16.0. The number of aromatic amines is 1. The first-order valence-corrected chi connectivity index (χ1v) is 9.13. The predicted molar refractivity (Wildman–Crippen MR) is 93.1 cm³/mol. The second-order valence-corrected chi connectivity index (χ2v) is 7.51. The van der Waals surface area contributed by atoms with Crippen LogP contribution in [0.3, 0.4) is 0 Å². The molecule has 0 bridgehead atoms. The van der Waals surface area contributed by atoms with Crippen molar-refractivity contribution in [3.63, 3.8) is 0 Å². The average molecular weight is 357 g/mol. The molecule has 1 amide bonds. The Balaban J connectivity index is 1.63.